The number of benzene rings is 2. The zero-order valence-corrected chi connectivity index (χ0v) is 11.1. The first-order chi connectivity index (χ1) is 8.70. The van der Waals surface area contributed by atoms with Crippen molar-refractivity contribution >= 4 is 28.9 Å². The molecule has 4 heteroatoms. The zero-order valence-electron chi connectivity index (χ0n) is 9.61. The second-order valence-corrected chi connectivity index (χ2v) is 4.75. The SMILES string of the molecule is OCC(Nc1ccc(Cl)cc1)c1ccccc1Cl. The monoisotopic (exact) mass is 281 g/mol. The molecule has 2 aromatic carbocycles. The lowest BCUT2D eigenvalue weighted by molar-refractivity contribution is 0.276. The van der Waals surface area contributed by atoms with E-state index in [1.54, 1.807) is 12.1 Å². The van der Waals surface area contributed by atoms with Gasteiger partial charge in [-0.25, -0.2) is 0 Å². The molecule has 94 valence electrons. The molecule has 0 aromatic heterocycles. The molecule has 0 aliphatic rings. The van der Waals surface area contributed by atoms with Crippen LogP contribution in [-0.4, -0.2) is 11.7 Å². The van der Waals surface area contributed by atoms with E-state index in [0.29, 0.717) is 10.0 Å². The molecule has 0 spiro atoms. The van der Waals surface area contributed by atoms with Gasteiger partial charge in [0.1, 0.15) is 0 Å². The molecule has 2 aromatic rings. The van der Waals surface area contributed by atoms with E-state index < -0.39 is 0 Å². The van der Waals surface area contributed by atoms with Gasteiger partial charge in [-0.1, -0.05) is 41.4 Å². The minimum absolute atomic E-state index is 0.0354. The molecule has 18 heavy (non-hydrogen) atoms. The summed E-state index contributed by atoms with van der Waals surface area (Å²) in [6.45, 7) is -0.0354. The highest BCUT2D eigenvalue weighted by Gasteiger charge is 2.12. The Hall–Kier alpha value is -1.22. The van der Waals surface area contributed by atoms with Crippen molar-refractivity contribution in [3.63, 3.8) is 0 Å². The minimum atomic E-state index is -0.236. The van der Waals surface area contributed by atoms with Crippen molar-refractivity contribution in [3.8, 4) is 0 Å². The number of nitrogens with one attached hydrogen (secondary N) is 1. The lowest BCUT2D eigenvalue weighted by Crippen LogP contribution is -2.15. The van der Waals surface area contributed by atoms with Crippen molar-refractivity contribution in [3.05, 3.63) is 64.1 Å². The average molecular weight is 282 g/mol. The molecule has 2 rings (SSSR count). The Morgan fingerprint density at radius 3 is 2.28 bits per heavy atom. The molecule has 1 unspecified atom stereocenters. The van der Waals surface area contributed by atoms with E-state index in [1.807, 2.05) is 36.4 Å². The second-order valence-electron chi connectivity index (χ2n) is 3.91. The van der Waals surface area contributed by atoms with Crippen molar-refractivity contribution in [1.29, 1.82) is 0 Å². The van der Waals surface area contributed by atoms with Crippen molar-refractivity contribution in [1.82, 2.24) is 0 Å². The highest BCUT2D eigenvalue weighted by Crippen LogP contribution is 2.26. The second kappa shape index (κ2) is 6.10. The van der Waals surface area contributed by atoms with Crippen LogP contribution < -0.4 is 5.32 Å². The van der Waals surface area contributed by atoms with Gasteiger partial charge in [0.05, 0.1) is 12.6 Å². The van der Waals surface area contributed by atoms with Gasteiger partial charge >= 0.3 is 0 Å². The van der Waals surface area contributed by atoms with Gasteiger partial charge in [-0.3, -0.25) is 0 Å². The summed E-state index contributed by atoms with van der Waals surface area (Å²) in [6.07, 6.45) is 0. The van der Waals surface area contributed by atoms with E-state index in [9.17, 15) is 5.11 Å². The third-order valence-corrected chi connectivity index (χ3v) is 3.24. The van der Waals surface area contributed by atoms with E-state index >= 15 is 0 Å². The predicted molar refractivity (Wildman–Crippen MR) is 76.4 cm³/mol. The first-order valence-electron chi connectivity index (χ1n) is 5.58. The maximum Gasteiger partial charge on any atom is 0.0759 e. The van der Waals surface area contributed by atoms with E-state index in [-0.39, 0.29) is 12.6 Å². The maximum absolute atomic E-state index is 9.47. The molecule has 0 heterocycles. The Balaban J connectivity index is 2.20. The van der Waals surface area contributed by atoms with Crippen LogP contribution in [-0.2, 0) is 0 Å². The standard InChI is InChI=1S/C14H13Cl2NO/c15-10-5-7-11(8-6-10)17-14(9-18)12-3-1-2-4-13(12)16/h1-8,14,17-18H,9H2. The van der Waals surface area contributed by atoms with Crippen LogP contribution in [0.4, 0.5) is 5.69 Å². The van der Waals surface area contributed by atoms with Crippen molar-refractivity contribution in [2.75, 3.05) is 11.9 Å². The molecular formula is C14H13Cl2NO. The first kappa shape index (κ1) is 13.2. The Labute approximate surface area is 116 Å². The third kappa shape index (κ3) is 3.16. The number of aliphatic hydroxyl groups excluding tert-OH is 1. The van der Waals surface area contributed by atoms with Gasteiger partial charge in [0.15, 0.2) is 0 Å². The molecule has 0 radical (unpaired) electrons. The van der Waals surface area contributed by atoms with E-state index in [2.05, 4.69) is 5.32 Å². The Bertz CT molecular complexity index is 513. The van der Waals surface area contributed by atoms with Gasteiger partial charge in [0, 0.05) is 15.7 Å². The molecule has 0 fully saturated rings. The lowest BCUT2D eigenvalue weighted by Gasteiger charge is -2.19. The van der Waals surface area contributed by atoms with Crippen LogP contribution >= 0.6 is 23.2 Å². The van der Waals surface area contributed by atoms with E-state index in [4.69, 9.17) is 23.2 Å². The summed E-state index contributed by atoms with van der Waals surface area (Å²) in [5.74, 6) is 0. The molecule has 2 N–H and O–H groups in total. The van der Waals surface area contributed by atoms with Gasteiger partial charge in [0.2, 0.25) is 0 Å². The van der Waals surface area contributed by atoms with Gasteiger partial charge in [-0.2, -0.15) is 0 Å². The third-order valence-electron chi connectivity index (χ3n) is 2.65. The van der Waals surface area contributed by atoms with Gasteiger partial charge in [0.25, 0.3) is 0 Å². The molecular weight excluding hydrogens is 269 g/mol. The average Bonchev–Trinajstić information content (AvgIpc) is 2.39. The highest BCUT2D eigenvalue weighted by molar-refractivity contribution is 6.31. The highest BCUT2D eigenvalue weighted by atomic mass is 35.5. The Morgan fingerprint density at radius 2 is 1.67 bits per heavy atom. The normalized spacial score (nSPS) is 12.2. The molecule has 2 nitrogen and oxygen atoms in total. The lowest BCUT2D eigenvalue weighted by atomic mass is 10.1. The molecule has 1 atom stereocenters. The number of hydrogen-bond donors (Lipinski definition) is 2. The molecule has 0 saturated heterocycles. The fourth-order valence-corrected chi connectivity index (χ4v) is 2.12. The van der Waals surface area contributed by atoms with Crippen molar-refractivity contribution in [2.24, 2.45) is 0 Å². The summed E-state index contributed by atoms with van der Waals surface area (Å²) in [4.78, 5) is 0. The summed E-state index contributed by atoms with van der Waals surface area (Å²) in [5.41, 5.74) is 1.76. The number of anilines is 1. The number of aliphatic hydroxyl groups is 1. The molecule has 0 bridgehead atoms. The maximum atomic E-state index is 9.47. The summed E-state index contributed by atoms with van der Waals surface area (Å²) < 4.78 is 0. The summed E-state index contributed by atoms with van der Waals surface area (Å²) in [5, 5.41) is 14.0. The van der Waals surface area contributed by atoms with Crippen LogP contribution in [0.2, 0.25) is 10.0 Å². The smallest absolute Gasteiger partial charge is 0.0759 e. The number of hydrogen-bond acceptors (Lipinski definition) is 2. The first-order valence-corrected chi connectivity index (χ1v) is 6.33. The number of rotatable bonds is 4. The quantitative estimate of drug-likeness (QED) is 0.883. The Kier molecular flexibility index (Phi) is 4.48. The molecule has 0 aliphatic carbocycles. The fourth-order valence-electron chi connectivity index (χ4n) is 1.73. The van der Waals surface area contributed by atoms with Crippen molar-refractivity contribution in [2.45, 2.75) is 6.04 Å². The van der Waals surface area contributed by atoms with E-state index in [0.717, 1.165) is 11.3 Å². The van der Waals surface area contributed by atoms with Gasteiger partial charge < -0.3 is 10.4 Å². The van der Waals surface area contributed by atoms with Crippen LogP contribution in [0.25, 0.3) is 0 Å². The van der Waals surface area contributed by atoms with Crippen LogP contribution in [0.1, 0.15) is 11.6 Å². The molecule has 0 amide bonds. The minimum Gasteiger partial charge on any atom is -0.394 e. The molecule has 0 saturated carbocycles. The largest absolute Gasteiger partial charge is 0.394 e. The van der Waals surface area contributed by atoms with Crippen LogP contribution in [0.3, 0.4) is 0 Å². The van der Waals surface area contributed by atoms with Crippen LogP contribution in [0, 0.1) is 0 Å². The van der Waals surface area contributed by atoms with Crippen LogP contribution in [0.5, 0.6) is 0 Å². The molecule has 0 aliphatic heterocycles. The van der Waals surface area contributed by atoms with Crippen LogP contribution in [0.15, 0.2) is 48.5 Å². The van der Waals surface area contributed by atoms with Gasteiger partial charge in [-0.15, -0.1) is 0 Å². The van der Waals surface area contributed by atoms with Gasteiger partial charge in [-0.05, 0) is 35.9 Å². The fraction of sp³-hybridized carbons (Fsp3) is 0.143. The summed E-state index contributed by atoms with van der Waals surface area (Å²) >= 11 is 11.9. The van der Waals surface area contributed by atoms with Crippen molar-refractivity contribution < 1.29 is 5.11 Å². The van der Waals surface area contributed by atoms with E-state index in [1.165, 1.54) is 0 Å². The zero-order chi connectivity index (χ0) is 13.0. The Morgan fingerprint density at radius 1 is 1.00 bits per heavy atom. The predicted octanol–water partition coefficient (Wildman–Crippen LogP) is 4.14. The summed E-state index contributed by atoms with van der Waals surface area (Å²) in [7, 11) is 0. The summed E-state index contributed by atoms with van der Waals surface area (Å²) in [6, 6.07) is 14.5. The number of halogens is 2. The topological polar surface area (TPSA) is 32.3 Å².